The third-order valence-electron chi connectivity index (χ3n) is 3.72. The highest BCUT2D eigenvalue weighted by Crippen LogP contribution is 2.18. The van der Waals surface area contributed by atoms with E-state index in [2.05, 4.69) is 58.9 Å². The molecule has 0 amide bonds. The van der Waals surface area contributed by atoms with Crippen LogP contribution in [0.4, 0.5) is 0 Å². The van der Waals surface area contributed by atoms with E-state index in [4.69, 9.17) is 4.74 Å². The number of methoxy groups -OCH3 is 1. The predicted molar refractivity (Wildman–Crippen MR) is 111 cm³/mol. The summed E-state index contributed by atoms with van der Waals surface area (Å²) in [6.45, 7) is 5.61. The number of aryl methyl sites for hydroxylation is 2. The summed E-state index contributed by atoms with van der Waals surface area (Å²) in [5.41, 5.74) is 4.83. The van der Waals surface area contributed by atoms with Crippen LogP contribution in [0.5, 0.6) is 5.75 Å². The van der Waals surface area contributed by atoms with Crippen LogP contribution < -0.4 is 15.4 Å². The monoisotopic (exact) mass is 439 g/mol. The molecule has 0 spiro atoms. The average molecular weight is 439 g/mol. The fourth-order valence-electron chi connectivity index (χ4n) is 2.35. The molecule has 0 aliphatic rings. The van der Waals surface area contributed by atoms with E-state index in [0.717, 1.165) is 30.4 Å². The van der Waals surface area contributed by atoms with Gasteiger partial charge in [0.2, 0.25) is 0 Å². The number of nitrogens with zero attached hydrogens (tertiary/aromatic N) is 1. The first-order valence-corrected chi connectivity index (χ1v) is 7.76. The van der Waals surface area contributed by atoms with Crippen molar-refractivity contribution in [3.63, 3.8) is 0 Å². The maximum atomic E-state index is 5.29. The van der Waals surface area contributed by atoms with Gasteiger partial charge in [-0.05, 0) is 36.6 Å². The summed E-state index contributed by atoms with van der Waals surface area (Å²) in [6.07, 6.45) is 0. The molecule has 0 fully saturated rings. The molecule has 5 heteroatoms. The van der Waals surface area contributed by atoms with Crippen molar-refractivity contribution < 1.29 is 4.74 Å². The van der Waals surface area contributed by atoms with Crippen molar-refractivity contribution in [1.82, 2.24) is 10.6 Å². The zero-order valence-electron chi connectivity index (χ0n) is 14.7. The summed E-state index contributed by atoms with van der Waals surface area (Å²) < 4.78 is 5.29. The van der Waals surface area contributed by atoms with Gasteiger partial charge in [0, 0.05) is 20.1 Å². The van der Waals surface area contributed by atoms with Crippen molar-refractivity contribution in [3.8, 4) is 5.75 Å². The first kappa shape index (κ1) is 20.3. The Morgan fingerprint density at radius 2 is 1.54 bits per heavy atom. The number of aliphatic imine (C=N–C) groups is 1. The normalized spacial score (nSPS) is 10.8. The van der Waals surface area contributed by atoms with Crippen molar-refractivity contribution in [3.05, 3.63) is 64.7 Å². The Morgan fingerprint density at radius 1 is 0.958 bits per heavy atom. The molecule has 24 heavy (non-hydrogen) atoms. The molecule has 2 aromatic carbocycles. The van der Waals surface area contributed by atoms with E-state index in [1.54, 1.807) is 14.2 Å². The van der Waals surface area contributed by atoms with Gasteiger partial charge >= 0.3 is 0 Å². The van der Waals surface area contributed by atoms with Crippen LogP contribution in [0.3, 0.4) is 0 Å². The third kappa shape index (κ3) is 6.03. The minimum absolute atomic E-state index is 0. The second-order valence-electron chi connectivity index (χ2n) is 5.57. The van der Waals surface area contributed by atoms with Crippen LogP contribution in [0.15, 0.2) is 47.5 Å². The maximum absolute atomic E-state index is 5.29. The van der Waals surface area contributed by atoms with Gasteiger partial charge in [-0.2, -0.15) is 0 Å². The molecule has 0 radical (unpaired) electrons. The summed E-state index contributed by atoms with van der Waals surface area (Å²) >= 11 is 0. The zero-order valence-corrected chi connectivity index (χ0v) is 17.0. The lowest BCUT2D eigenvalue weighted by Crippen LogP contribution is -2.36. The van der Waals surface area contributed by atoms with Gasteiger partial charge in [-0.15, -0.1) is 24.0 Å². The lowest BCUT2D eigenvalue weighted by Gasteiger charge is -2.13. The van der Waals surface area contributed by atoms with Gasteiger partial charge in [0.05, 0.1) is 7.11 Å². The average Bonchev–Trinajstić information content (AvgIpc) is 2.56. The summed E-state index contributed by atoms with van der Waals surface area (Å²) in [5.74, 6) is 1.70. The van der Waals surface area contributed by atoms with E-state index >= 15 is 0 Å². The Bertz CT molecular complexity index is 669. The smallest absolute Gasteiger partial charge is 0.191 e. The molecule has 130 valence electrons. The minimum Gasteiger partial charge on any atom is -0.496 e. The van der Waals surface area contributed by atoms with Gasteiger partial charge in [-0.3, -0.25) is 4.99 Å². The predicted octanol–water partition coefficient (Wildman–Crippen LogP) is 3.80. The van der Waals surface area contributed by atoms with Crippen molar-refractivity contribution in [2.24, 2.45) is 4.99 Å². The van der Waals surface area contributed by atoms with Gasteiger partial charge in [-0.25, -0.2) is 0 Å². The van der Waals surface area contributed by atoms with Crippen molar-refractivity contribution in [1.29, 1.82) is 0 Å². The van der Waals surface area contributed by atoms with E-state index in [0.29, 0.717) is 0 Å². The molecule has 4 nitrogen and oxygen atoms in total. The van der Waals surface area contributed by atoms with Crippen LogP contribution in [0.1, 0.15) is 22.3 Å². The van der Waals surface area contributed by atoms with Crippen LogP contribution in [0.25, 0.3) is 0 Å². The number of benzene rings is 2. The number of rotatable bonds is 5. The highest BCUT2D eigenvalue weighted by atomic mass is 127. The van der Waals surface area contributed by atoms with E-state index in [1.165, 1.54) is 16.7 Å². The first-order valence-electron chi connectivity index (χ1n) is 7.76. The second kappa shape index (κ2) is 10.2. The molecule has 2 aromatic rings. The molecule has 0 unspecified atom stereocenters. The largest absolute Gasteiger partial charge is 0.496 e. The topological polar surface area (TPSA) is 45.7 Å². The van der Waals surface area contributed by atoms with Crippen molar-refractivity contribution in [2.45, 2.75) is 26.9 Å². The molecule has 2 N–H and O–H groups in total. The number of guanidine groups is 1. The zero-order chi connectivity index (χ0) is 16.7. The molecule has 2 rings (SSSR count). The van der Waals surface area contributed by atoms with Crippen molar-refractivity contribution in [2.75, 3.05) is 14.2 Å². The second-order valence-corrected chi connectivity index (χ2v) is 5.57. The number of halogens is 1. The molecule has 0 heterocycles. The molecule has 0 saturated carbocycles. The summed E-state index contributed by atoms with van der Waals surface area (Å²) in [7, 11) is 3.47. The Balaban J connectivity index is 0.00000288. The van der Waals surface area contributed by atoms with Crippen LogP contribution in [0.2, 0.25) is 0 Å². The third-order valence-corrected chi connectivity index (χ3v) is 3.72. The Labute approximate surface area is 161 Å². The number of hydrogen-bond acceptors (Lipinski definition) is 2. The summed E-state index contributed by atoms with van der Waals surface area (Å²) in [6, 6.07) is 14.7. The molecular weight excluding hydrogens is 413 g/mol. The highest BCUT2D eigenvalue weighted by Gasteiger charge is 2.02. The molecular formula is C19H26IN3O. The standard InChI is InChI=1S/C19H25N3O.HI/c1-14-5-7-16(8-6-14)12-21-19(20-3)22-13-17-9-10-18(23-4)15(2)11-17;/h5-11H,12-13H2,1-4H3,(H2,20,21,22);1H. The summed E-state index contributed by atoms with van der Waals surface area (Å²) in [5, 5.41) is 6.66. The van der Waals surface area contributed by atoms with Crippen LogP contribution in [0, 0.1) is 13.8 Å². The van der Waals surface area contributed by atoms with Gasteiger partial charge in [0.15, 0.2) is 5.96 Å². The number of nitrogens with one attached hydrogen (secondary N) is 2. The molecule has 0 aliphatic heterocycles. The lowest BCUT2D eigenvalue weighted by molar-refractivity contribution is 0.411. The van der Waals surface area contributed by atoms with E-state index in [9.17, 15) is 0 Å². The Hall–Kier alpha value is -1.76. The van der Waals surface area contributed by atoms with Gasteiger partial charge in [-0.1, -0.05) is 42.0 Å². The Kier molecular flexibility index (Phi) is 8.60. The van der Waals surface area contributed by atoms with Crippen molar-refractivity contribution >= 4 is 29.9 Å². The van der Waals surface area contributed by atoms with Gasteiger partial charge in [0.1, 0.15) is 5.75 Å². The van der Waals surface area contributed by atoms with Crippen LogP contribution >= 0.6 is 24.0 Å². The van der Waals surface area contributed by atoms with Crippen LogP contribution in [-0.2, 0) is 13.1 Å². The molecule has 0 aliphatic carbocycles. The van der Waals surface area contributed by atoms with Gasteiger partial charge in [0.25, 0.3) is 0 Å². The molecule has 0 saturated heterocycles. The SMILES string of the molecule is CN=C(NCc1ccc(C)cc1)NCc1ccc(OC)c(C)c1.I. The molecule has 0 aromatic heterocycles. The lowest BCUT2D eigenvalue weighted by atomic mass is 10.1. The quantitative estimate of drug-likeness (QED) is 0.424. The van der Waals surface area contributed by atoms with E-state index < -0.39 is 0 Å². The fraction of sp³-hybridized carbons (Fsp3) is 0.316. The Morgan fingerprint density at radius 3 is 2.08 bits per heavy atom. The minimum atomic E-state index is 0. The van der Waals surface area contributed by atoms with E-state index in [-0.39, 0.29) is 24.0 Å². The summed E-state index contributed by atoms with van der Waals surface area (Å²) in [4.78, 5) is 4.26. The van der Waals surface area contributed by atoms with Gasteiger partial charge < -0.3 is 15.4 Å². The number of ether oxygens (including phenoxy) is 1. The molecule has 0 bridgehead atoms. The fourth-order valence-corrected chi connectivity index (χ4v) is 2.35. The molecule has 0 atom stereocenters. The maximum Gasteiger partial charge on any atom is 0.191 e. The number of hydrogen-bond donors (Lipinski definition) is 2. The van der Waals surface area contributed by atoms with E-state index in [1.807, 2.05) is 13.0 Å². The highest BCUT2D eigenvalue weighted by molar-refractivity contribution is 14.0. The van der Waals surface area contributed by atoms with Crippen LogP contribution in [-0.4, -0.2) is 20.1 Å². The first-order chi connectivity index (χ1) is 11.1.